The molecule has 0 aliphatic heterocycles. The standard InChI is InChI=1S/C25H33NO2/c1-24(2,3)22(27)19-11-7-17(8-12-19)15-21(26)16-18-9-13-20(14-10-18)23(28)25(4,5)6/h7-14,21H,15-16,26H2,1-6H3. The van der Waals surface area contributed by atoms with Gasteiger partial charge < -0.3 is 5.73 Å². The van der Waals surface area contributed by atoms with Crippen molar-refractivity contribution in [1.82, 2.24) is 0 Å². The lowest BCUT2D eigenvalue weighted by Gasteiger charge is -2.18. The number of hydrogen-bond acceptors (Lipinski definition) is 3. The molecule has 0 saturated heterocycles. The summed E-state index contributed by atoms with van der Waals surface area (Å²) in [6.45, 7) is 11.6. The Bertz CT molecular complexity index is 747. The highest BCUT2D eigenvalue weighted by molar-refractivity contribution is 6.00. The van der Waals surface area contributed by atoms with Crippen LogP contribution in [-0.4, -0.2) is 17.6 Å². The van der Waals surface area contributed by atoms with E-state index in [4.69, 9.17) is 5.73 Å². The normalized spacial score (nSPS) is 12.3. The summed E-state index contributed by atoms with van der Waals surface area (Å²) in [7, 11) is 0. The van der Waals surface area contributed by atoms with Gasteiger partial charge in [-0.15, -0.1) is 0 Å². The maximum atomic E-state index is 12.3. The number of nitrogens with two attached hydrogens (primary N) is 1. The molecule has 2 rings (SSSR count). The highest BCUT2D eigenvalue weighted by atomic mass is 16.1. The van der Waals surface area contributed by atoms with Crippen molar-refractivity contribution in [1.29, 1.82) is 0 Å². The lowest BCUT2D eigenvalue weighted by molar-refractivity contribution is 0.0852. The van der Waals surface area contributed by atoms with E-state index in [-0.39, 0.29) is 28.4 Å². The molecule has 0 spiro atoms. The third-order valence-corrected chi connectivity index (χ3v) is 4.79. The number of Topliss-reactive ketones (excluding diaryl/α,β-unsaturated/α-hetero) is 2. The van der Waals surface area contributed by atoms with Gasteiger partial charge in [-0.1, -0.05) is 90.1 Å². The van der Waals surface area contributed by atoms with E-state index in [0.717, 1.165) is 35.1 Å². The number of benzene rings is 2. The fourth-order valence-corrected chi connectivity index (χ4v) is 3.13. The minimum atomic E-state index is -0.377. The minimum absolute atomic E-state index is 0.0201. The van der Waals surface area contributed by atoms with Crippen LogP contribution in [0.5, 0.6) is 0 Å². The zero-order chi connectivity index (χ0) is 21.1. The topological polar surface area (TPSA) is 60.2 Å². The highest BCUT2D eigenvalue weighted by Gasteiger charge is 2.23. The molecule has 0 aliphatic carbocycles. The molecule has 0 heterocycles. The molecule has 2 N–H and O–H groups in total. The number of carbonyl (C=O) groups excluding carboxylic acids is 2. The fourth-order valence-electron chi connectivity index (χ4n) is 3.13. The van der Waals surface area contributed by atoms with Crippen LogP contribution in [0.1, 0.15) is 73.4 Å². The lowest BCUT2D eigenvalue weighted by atomic mass is 9.86. The summed E-state index contributed by atoms with van der Waals surface area (Å²) in [6, 6.07) is 15.5. The van der Waals surface area contributed by atoms with Gasteiger partial charge in [0.2, 0.25) is 0 Å². The van der Waals surface area contributed by atoms with Crippen LogP contribution in [0.3, 0.4) is 0 Å². The Kier molecular flexibility index (Phi) is 6.61. The Morgan fingerprint density at radius 3 is 1.21 bits per heavy atom. The van der Waals surface area contributed by atoms with Crippen LogP contribution in [0.2, 0.25) is 0 Å². The van der Waals surface area contributed by atoms with Crippen molar-refractivity contribution in [2.24, 2.45) is 16.6 Å². The van der Waals surface area contributed by atoms with Crippen molar-refractivity contribution in [2.45, 2.75) is 60.4 Å². The zero-order valence-corrected chi connectivity index (χ0v) is 18.0. The van der Waals surface area contributed by atoms with E-state index in [1.54, 1.807) is 0 Å². The number of carbonyl (C=O) groups is 2. The molecule has 3 nitrogen and oxygen atoms in total. The van der Waals surface area contributed by atoms with Crippen molar-refractivity contribution in [3.05, 3.63) is 70.8 Å². The second-order valence-corrected chi connectivity index (χ2v) is 9.72. The Balaban J connectivity index is 1.98. The van der Waals surface area contributed by atoms with Crippen LogP contribution in [-0.2, 0) is 12.8 Å². The number of ketones is 2. The third kappa shape index (κ3) is 5.87. The Morgan fingerprint density at radius 2 is 0.964 bits per heavy atom. The van der Waals surface area contributed by atoms with Gasteiger partial charge in [-0.25, -0.2) is 0 Å². The quantitative estimate of drug-likeness (QED) is 0.697. The molecule has 0 atom stereocenters. The van der Waals surface area contributed by atoms with Crippen LogP contribution in [0.25, 0.3) is 0 Å². The lowest BCUT2D eigenvalue weighted by Crippen LogP contribution is -2.26. The summed E-state index contributed by atoms with van der Waals surface area (Å²) in [5.41, 5.74) is 9.31. The van der Waals surface area contributed by atoms with E-state index < -0.39 is 0 Å². The van der Waals surface area contributed by atoms with Gasteiger partial charge in [-0.2, -0.15) is 0 Å². The zero-order valence-electron chi connectivity index (χ0n) is 18.0. The van der Waals surface area contributed by atoms with Crippen LogP contribution in [0.4, 0.5) is 0 Å². The highest BCUT2D eigenvalue weighted by Crippen LogP contribution is 2.22. The summed E-state index contributed by atoms with van der Waals surface area (Å²) in [6.07, 6.45) is 1.49. The molecule has 2 aromatic rings. The van der Waals surface area contributed by atoms with Gasteiger partial charge in [0, 0.05) is 28.0 Å². The van der Waals surface area contributed by atoms with Gasteiger partial charge in [0.05, 0.1) is 0 Å². The molecule has 0 unspecified atom stereocenters. The van der Waals surface area contributed by atoms with Crippen LogP contribution in [0.15, 0.2) is 48.5 Å². The van der Waals surface area contributed by atoms with Crippen molar-refractivity contribution >= 4 is 11.6 Å². The smallest absolute Gasteiger partial charge is 0.168 e. The predicted molar refractivity (Wildman–Crippen MR) is 116 cm³/mol. The Labute approximate surface area is 169 Å². The summed E-state index contributed by atoms with van der Waals surface area (Å²) >= 11 is 0. The van der Waals surface area contributed by atoms with Gasteiger partial charge in [0.15, 0.2) is 11.6 Å². The molecule has 3 heteroatoms. The Hall–Kier alpha value is -2.26. The van der Waals surface area contributed by atoms with Gasteiger partial charge in [-0.3, -0.25) is 9.59 Å². The van der Waals surface area contributed by atoms with Crippen LogP contribution >= 0.6 is 0 Å². The fraction of sp³-hybridized carbons (Fsp3) is 0.440. The number of hydrogen-bond donors (Lipinski definition) is 1. The van der Waals surface area contributed by atoms with Crippen molar-refractivity contribution < 1.29 is 9.59 Å². The molecule has 0 saturated carbocycles. The molecule has 0 amide bonds. The second kappa shape index (κ2) is 8.40. The maximum Gasteiger partial charge on any atom is 0.168 e. The first kappa shape index (κ1) is 22.0. The van der Waals surface area contributed by atoms with E-state index in [9.17, 15) is 9.59 Å². The summed E-state index contributed by atoms with van der Waals surface area (Å²) in [4.78, 5) is 24.7. The monoisotopic (exact) mass is 379 g/mol. The first-order chi connectivity index (χ1) is 12.9. The Morgan fingerprint density at radius 1 is 0.679 bits per heavy atom. The molecule has 0 bridgehead atoms. The van der Waals surface area contributed by atoms with Crippen LogP contribution in [0, 0.1) is 10.8 Å². The van der Waals surface area contributed by atoms with Gasteiger partial charge in [-0.05, 0) is 24.0 Å². The van der Waals surface area contributed by atoms with E-state index in [0.29, 0.717) is 0 Å². The summed E-state index contributed by atoms with van der Waals surface area (Å²) in [5, 5.41) is 0. The van der Waals surface area contributed by atoms with Gasteiger partial charge >= 0.3 is 0 Å². The van der Waals surface area contributed by atoms with Gasteiger partial charge in [0.1, 0.15) is 0 Å². The number of rotatable bonds is 6. The predicted octanol–water partition coefficient (Wildman–Crippen LogP) is 5.26. The average Bonchev–Trinajstić information content (AvgIpc) is 2.60. The summed E-state index contributed by atoms with van der Waals surface area (Å²) < 4.78 is 0. The van der Waals surface area contributed by atoms with Crippen LogP contribution < -0.4 is 5.73 Å². The molecule has 0 aromatic heterocycles. The first-order valence-electron chi connectivity index (χ1n) is 9.91. The second-order valence-electron chi connectivity index (χ2n) is 9.72. The van der Waals surface area contributed by atoms with E-state index >= 15 is 0 Å². The molecule has 2 aromatic carbocycles. The van der Waals surface area contributed by atoms with Crippen molar-refractivity contribution in [3.8, 4) is 0 Å². The average molecular weight is 380 g/mol. The van der Waals surface area contributed by atoms with E-state index in [1.165, 1.54) is 0 Å². The molecule has 0 radical (unpaired) electrons. The van der Waals surface area contributed by atoms with Crippen molar-refractivity contribution in [2.75, 3.05) is 0 Å². The van der Waals surface area contributed by atoms with Crippen molar-refractivity contribution in [3.63, 3.8) is 0 Å². The molecular formula is C25H33NO2. The summed E-state index contributed by atoms with van der Waals surface area (Å²) in [5.74, 6) is 0.293. The molecule has 28 heavy (non-hydrogen) atoms. The maximum absolute atomic E-state index is 12.3. The molecule has 150 valence electrons. The molecular weight excluding hydrogens is 346 g/mol. The first-order valence-corrected chi connectivity index (χ1v) is 9.91. The van der Waals surface area contributed by atoms with E-state index in [2.05, 4.69) is 0 Å². The third-order valence-electron chi connectivity index (χ3n) is 4.79. The minimum Gasteiger partial charge on any atom is -0.327 e. The van der Waals surface area contributed by atoms with E-state index in [1.807, 2.05) is 90.1 Å². The SMILES string of the molecule is CC(C)(C)C(=O)c1ccc(CC(N)Cc2ccc(C(=O)C(C)(C)C)cc2)cc1. The molecule has 0 fully saturated rings. The molecule has 0 aliphatic rings. The van der Waals surface area contributed by atoms with Gasteiger partial charge in [0.25, 0.3) is 0 Å². The largest absolute Gasteiger partial charge is 0.327 e.